The number of nitrogens with zero attached hydrogens (tertiary/aromatic N) is 4. The molecular weight excluding hydrogens is 959 g/mol. The number of benzene rings is 6. The van der Waals surface area contributed by atoms with Gasteiger partial charge in [-0.25, -0.2) is 13.2 Å². The molecule has 3 aliphatic rings. The molecule has 3 aliphatic carbocycles. The van der Waals surface area contributed by atoms with Gasteiger partial charge < -0.3 is 5.73 Å². The van der Waals surface area contributed by atoms with E-state index in [-0.39, 0.29) is 82.5 Å². The zero-order valence-corrected chi connectivity index (χ0v) is 40.8. The normalized spacial score (nSPS) is 13.2. The number of pyridine rings is 2. The number of carbonyl (C=O) groups excluding carboxylic acids is 3. The van der Waals surface area contributed by atoms with Crippen molar-refractivity contribution >= 4 is 53.8 Å². The largest absolute Gasteiger partial charge is 0.398 e. The van der Waals surface area contributed by atoms with Gasteiger partial charge in [-0.3, -0.25) is 24.4 Å². The second kappa shape index (κ2) is 23.9. The quantitative estimate of drug-likeness (QED) is 0.0650. The molecule has 0 atom stereocenters. The number of Topliss-reactive ketones (excluding diaryl/α,β-unsaturated/α-hetero) is 1. The number of carbonyl (C=O) groups is 3. The molecular formula is C57H44BF3N5O3Y. The molecule has 11 rings (SSSR count). The summed E-state index contributed by atoms with van der Waals surface area (Å²) in [6.45, 7) is 0. The van der Waals surface area contributed by atoms with Crippen molar-refractivity contribution in [3.05, 3.63) is 197 Å². The Hall–Kier alpha value is -7.11. The topological polar surface area (TPSA) is 151 Å². The van der Waals surface area contributed by atoms with Crippen LogP contribution in [-0.2, 0) is 37.5 Å². The maximum absolute atomic E-state index is 13.2. The van der Waals surface area contributed by atoms with Gasteiger partial charge in [0.15, 0.2) is 12.1 Å². The molecule has 0 bridgehead atoms. The van der Waals surface area contributed by atoms with Gasteiger partial charge in [0.05, 0.1) is 40.5 Å². The van der Waals surface area contributed by atoms with Crippen molar-refractivity contribution in [1.29, 1.82) is 10.5 Å². The van der Waals surface area contributed by atoms with Crippen LogP contribution in [-0.4, -0.2) is 36.2 Å². The molecule has 3 fully saturated rings. The number of fused-ring (bicyclic) bond motifs is 2. The van der Waals surface area contributed by atoms with E-state index in [1.165, 1.54) is 48.5 Å². The standard InChI is InChI=1S/C19H13FN2.C19H14FNO.C13H10FNO.C6H7NO.B.Y/c20-14-9-7-12(8-10-14)18-15-3-1-2-4-17(15)22-19(13-5-6-13)16(18)11-21;20-14-9-7-12(8-10-14)18-15-3-1-2-4-17(15)21-19(13-5-6-13)16(18)11-22;14-10-7-5-9(6-8-10)13(16)11-3-1-2-4-12(11)15;7-4-3-6(8)5-1-2-5;;/h1-4,7-10,13H,5-6H2;1-4,7-11,13H,5-6H2;1-8H,15H2;5H,1-3H2;;. The average Bonchev–Trinajstić information content (AvgIpc) is 4.19. The molecule has 70 heavy (non-hydrogen) atoms. The van der Waals surface area contributed by atoms with Crippen LogP contribution in [0.3, 0.4) is 0 Å². The Bertz CT molecular complexity index is 3260. The SMILES string of the molecule is N#CCC(=O)C1CC1.N#Cc1c(C2CC2)nc2ccccc2c1-c1ccc(F)cc1.Nc1ccccc1C(=O)c1ccc(F)cc1.O=Cc1c(C2CC2)nc2ccccc2c1-c1ccc(F)cc1.[B].[Y]. The van der Waals surface area contributed by atoms with Gasteiger partial charge in [0.2, 0.25) is 0 Å². The smallest absolute Gasteiger partial charge is 0.195 e. The maximum atomic E-state index is 13.2. The number of nitrogens with two attached hydrogens (primary N) is 1. The molecule has 0 saturated heterocycles. The molecule has 0 unspecified atom stereocenters. The number of hydrogen-bond donors (Lipinski definition) is 1. The Labute approximate surface area is 431 Å². The van der Waals surface area contributed by atoms with Gasteiger partial charge in [0, 0.05) is 103 Å². The third-order valence-corrected chi connectivity index (χ3v) is 11.9. The summed E-state index contributed by atoms with van der Waals surface area (Å²) >= 11 is 0. The molecule has 2 heterocycles. The molecule has 4 radical (unpaired) electrons. The molecule has 342 valence electrons. The Kier molecular flexibility index (Phi) is 17.9. The van der Waals surface area contributed by atoms with Crippen LogP contribution in [0.2, 0.25) is 0 Å². The van der Waals surface area contributed by atoms with Gasteiger partial charge in [-0.2, -0.15) is 10.5 Å². The Morgan fingerprint density at radius 1 is 0.614 bits per heavy atom. The number of para-hydroxylation sites is 3. The summed E-state index contributed by atoms with van der Waals surface area (Å²) in [4.78, 5) is 43.7. The van der Waals surface area contributed by atoms with Crippen LogP contribution in [0.4, 0.5) is 18.9 Å². The van der Waals surface area contributed by atoms with Crippen LogP contribution < -0.4 is 5.73 Å². The number of ketones is 2. The minimum absolute atomic E-state index is 0. The number of nitriles is 2. The second-order valence-electron chi connectivity index (χ2n) is 16.9. The molecule has 0 spiro atoms. The van der Waals surface area contributed by atoms with Crippen molar-refractivity contribution in [3.8, 4) is 34.4 Å². The zero-order valence-electron chi connectivity index (χ0n) is 38.0. The van der Waals surface area contributed by atoms with E-state index in [9.17, 15) is 32.8 Å². The van der Waals surface area contributed by atoms with E-state index in [4.69, 9.17) is 21.0 Å². The summed E-state index contributed by atoms with van der Waals surface area (Å²) in [5.41, 5.74) is 15.3. The predicted molar refractivity (Wildman–Crippen MR) is 263 cm³/mol. The number of aromatic nitrogens is 2. The van der Waals surface area contributed by atoms with Gasteiger partial charge in [-0.05, 0) is 122 Å². The van der Waals surface area contributed by atoms with Gasteiger partial charge in [0.1, 0.15) is 29.3 Å². The van der Waals surface area contributed by atoms with Gasteiger partial charge in [-0.1, -0.05) is 72.8 Å². The van der Waals surface area contributed by atoms with Crippen molar-refractivity contribution in [2.24, 2.45) is 5.92 Å². The number of anilines is 1. The summed E-state index contributed by atoms with van der Waals surface area (Å²) in [7, 11) is 0. The summed E-state index contributed by atoms with van der Waals surface area (Å²) in [5, 5.41) is 19.6. The number of rotatable bonds is 9. The van der Waals surface area contributed by atoms with Crippen LogP contribution in [0.25, 0.3) is 44.1 Å². The van der Waals surface area contributed by atoms with Crippen LogP contribution >= 0.6 is 0 Å². The van der Waals surface area contributed by atoms with Gasteiger partial charge >= 0.3 is 0 Å². The van der Waals surface area contributed by atoms with Crippen molar-refractivity contribution in [2.45, 2.75) is 56.8 Å². The van der Waals surface area contributed by atoms with Crippen LogP contribution in [0.15, 0.2) is 146 Å². The van der Waals surface area contributed by atoms with Gasteiger partial charge in [-0.15, -0.1) is 0 Å². The summed E-state index contributed by atoms with van der Waals surface area (Å²) in [6.07, 6.45) is 7.37. The fourth-order valence-electron chi connectivity index (χ4n) is 7.96. The first kappa shape index (κ1) is 52.3. The number of halogens is 3. The molecule has 2 N–H and O–H groups in total. The molecule has 2 aromatic heterocycles. The van der Waals surface area contributed by atoms with E-state index in [1.807, 2.05) is 54.6 Å². The van der Waals surface area contributed by atoms with E-state index in [2.05, 4.69) is 6.07 Å². The molecule has 13 heteroatoms. The predicted octanol–water partition coefficient (Wildman–Crippen LogP) is 12.7. The third kappa shape index (κ3) is 12.6. The van der Waals surface area contributed by atoms with E-state index < -0.39 is 0 Å². The van der Waals surface area contributed by atoms with Crippen molar-refractivity contribution in [2.75, 3.05) is 5.73 Å². The van der Waals surface area contributed by atoms with Crippen LogP contribution in [0, 0.1) is 46.0 Å². The Morgan fingerprint density at radius 2 is 1.07 bits per heavy atom. The molecule has 0 amide bonds. The fraction of sp³-hybridized carbons (Fsp3) is 0.175. The summed E-state index contributed by atoms with van der Waals surface area (Å²) in [5.74, 6) is 0.0421. The number of nitrogen functional groups attached to an aromatic ring is 1. The van der Waals surface area contributed by atoms with Crippen molar-refractivity contribution in [3.63, 3.8) is 0 Å². The van der Waals surface area contributed by atoms with E-state index in [0.29, 0.717) is 39.8 Å². The first-order valence-electron chi connectivity index (χ1n) is 22.3. The van der Waals surface area contributed by atoms with Crippen molar-refractivity contribution < 1.29 is 60.3 Å². The van der Waals surface area contributed by atoms with Crippen molar-refractivity contribution in [1.82, 2.24) is 9.97 Å². The first-order valence-corrected chi connectivity index (χ1v) is 22.3. The first-order chi connectivity index (χ1) is 33.1. The zero-order chi connectivity index (χ0) is 47.7. The Balaban J connectivity index is 0.000000159. The Morgan fingerprint density at radius 3 is 1.56 bits per heavy atom. The number of aldehydes is 1. The monoisotopic (exact) mass is 1000 g/mol. The summed E-state index contributed by atoms with van der Waals surface area (Å²) < 4.78 is 39.2. The van der Waals surface area contributed by atoms with Crippen LogP contribution in [0.1, 0.15) is 100 Å². The second-order valence-corrected chi connectivity index (χ2v) is 16.9. The third-order valence-electron chi connectivity index (χ3n) is 11.9. The minimum atomic E-state index is -0.363. The average molecular weight is 1000 g/mol. The van der Waals surface area contributed by atoms with E-state index in [1.54, 1.807) is 48.5 Å². The number of hydrogen-bond acceptors (Lipinski definition) is 8. The van der Waals surface area contributed by atoms with Crippen LogP contribution in [0.5, 0.6) is 0 Å². The van der Waals surface area contributed by atoms with E-state index >= 15 is 0 Å². The minimum Gasteiger partial charge on any atom is -0.398 e. The molecule has 3 saturated carbocycles. The van der Waals surface area contributed by atoms with E-state index in [0.717, 1.165) is 100 Å². The maximum Gasteiger partial charge on any atom is 0.195 e. The molecule has 0 aliphatic heterocycles. The molecule has 8 aromatic rings. The van der Waals surface area contributed by atoms with Gasteiger partial charge in [0.25, 0.3) is 0 Å². The summed E-state index contributed by atoms with van der Waals surface area (Å²) in [6, 6.07) is 44.7. The molecule has 6 aromatic carbocycles. The molecule has 8 nitrogen and oxygen atoms in total. The fourth-order valence-corrected chi connectivity index (χ4v) is 7.96.